The molecule has 0 N–H and O–H groups in total. The summed E-state index contributed by atoms with van der Waals surface area (Å²) in [5, 5.41) is 8.96. The Morgan fingerprint density at radius 1 is 0.278 bits per heavy atom. The summed E-state index contributed by atoms with van der Waals surface area (Å²) >= 11 is 0. The molecule has 0 saturated carbocycles. The molecule has 0 radical (unpaired) electrons. The van der Waals surface area contributed by atoms with E-state index in [4.69, 9.17) is 8.83 Å². The third-order valence-corrected chi connectivity index (χ3v) is 10.6. The van der Waals surface area contributed by atoms with Gasteiger partial charge in [-0.2, -0.15) is 0 Å². The maximum Gasteiger partial charge on any atom is 0.138 e. The lowest BCUT2D eigenvalue weighted by Crippen LogP contribution is -2.11. The van der Waals surface area contributed by atoms with Crippen LogP contribution in [0.3, 0.4) is 0 Å². The first-order chi connectivity index (χ1) is 26.8. The number of benzene rings is 9. The molecule has 0 aliphatic heterocycles. The largest absolute Gasteiger partial charge is 0.456 e. The molecule has 4 heteroatoms. The summed E-state index contributed by atoms with van der Waals surface area (Å²) in [5.41, 5.74) is 9.75. The number of hydrogen-bond acceptors (Lipinski definition) is 4. The fourth-order valence-corrected chi connectivity index (χ4v) is 8.19. The Morgan fingerprint density at radius 2 is 0.852 bits per heavy atom. The van der Waals surface area contributed by atoms with Crippen molar-refractivity contribution in [3.05, 3.63) is 194 Å². The Balaban J connectivity index is 1.21. The zero-order valence-electron chi connectivity index (χ0n) is 29.2. The van der Waals surface area contributed by atoms with E-state index < -0.39 is 0 Å². The predicted octanol–water partition coefficient (Wildman–Crippen LogP) is 14.7. The van der Waals surface area contributed by atoms with Gasteiger partial charge < -0.3 is 18.6 Å². The second-order valence-corrected chi connectivity index (χ2v) is 13.7. The third-order valence-electron chi connectivity index (χ3n) is 10.6. The first-order valence-electron chi connectivity index (χ1n) is 18.3. The van der Waals surface area contributed by atoms with Crippen LogP contribution in [0.25, 0.3) is 65.4 Å². The van der Waals surface area contributed by atoms with Gasteiger partial charge in [0, 0.05) is 50.4 Å². The summed E-state index contributed by atoms with van der Waals surface area (Å²) in [6.45, 7) is 0. The number of para-hydroxylation sites is 3. The van der Waals surface area contributed by atoms with Gasteiger partial charge in [-0.25, -0.2) is 0 Å². The van der Waals surface area contributed by atoms with E-state index in [9.17, 15) is 0 Å². The van der Waals surface area contributed by atoms with Crippen molar-refractivity contribution in [3.8, 4) is 0 Å². The van der Waals surface area contributed by atoms with E-state index in [0.717, 1.165) is 88.8 Å². The summed E-state index contributed by atoms with van der Waals surface area (Å²) in [6.07, 6.45) is 0. The molecule has 254 valence electrons. The molecule has 11 aromatic rings. The van der Waals surface area contributed by atoms with Crippen molar-refractivity contribution in [2.75, 3.05) is 9.80 Å². The highest BCUT2D eigenvalue weighted by molar-refractivity contribution is 6.26. The van der Waals surface area contributed by atoms with Crippen molar-refractivity contribution in [2.45, 2.75) is 0 Å². The zero-order valence-corrected chi connectivity index (χ0v) is 29.2. The Morgan fingerprint density at radius 3 is 1.65 bits per heavy atom. The molecule has 11 rings (SSSR count). The van der Waals surface area contributed by atoms with Crippen LogP contribution in [0.2, 0.25) is 0 Å². The first kappa shape index (κ1) is 30.3. The normalized spacial score (nSPS) is 11.7. The van der Waals surface area contributed by atoms with E-state index >= 15 is 0 Å². The maximum absolute atomic E-state index is 6.90. The van der Waals surface area contributed by atoms with Gasteiger partial charge in [0.25, 0.3) is 0 Å². The van der Waals surface area contributed by atoms with E-state index in [0.29, 0.717) is 0 Å². The fourth-order valence-electron chi connectivity index (χ4n) is 8.19. The van der Waals surface area contributed by atoms with Crippen LogP contribution in [-0.4, -0.2) is 0 Å². The first-order valence-corrected chi connectivity index (χ1v) is 18.3. The standard InChI is InChI=1S/C50H32N2O2/c1-3-16-35(17-4-1)51(36-18-5-2-6-19-36)44-32-48-49(41-22-10-9-20-39(41)44)50-43(23-13-25-47(50)54-48)52(37-27-26-33-14-7-8-15-34(33)30-37)38-28-29-46-42(31-38)40-21-11-12-24-45(40)53-46/h1-32H. The summed E-state index contributed by atoms with van der Waals surface area (Å²) in [4.78, 5) is 4.69. The predicted molar refractivity (Wildman–Crippen MR) is 225 cm³/mol. The lowest BCUT2D eigenvalue weighted by atomic mass is 9.99. The smallest absolute Gasteiger partial charge is 0.138 e. The molecule has 0 atom stereocenters. The minimum Gasteiger partial charge on any atom is -0.456 e. The number of nitrogens with zero attached hydrogens (tertiary/aromatic N) is 2. The zero-order chi connectivity index (χ0) is 35.6. The molecular formula is C50H32N2O2. The molecule has 0 aliphatic rings. The topological polar surface area (TPSA) is 32.8 Å². The van der Waals surface area contributed by atoms with Gasteiger partial charge >= 0.3 is 0 Å². The highest BCUT2D eigenvalue weighted by Gasteiger charge is 2.24. The van der Waals surface area contributed by atoms with Crippen LogP contribution in [0, 0.1) is 0 Å². The van der Waals surface area contributed by atoms with Crippen LogP contribution in [-0.2, 0) is 0 Å². The van der Waals surface area contributed by atoms with E-state index in [2.05, 4.69) is 192 Å². The fraction of sp³-hybridized carbons (Fsp3) is 0. The number of rotatable bonds is 6. The molecule has 4 nitrogen and oxygen atoms in total. The minimum absolute atomic E-state index is 0.830. The lowest BCUT2D eigenvalue weighted by molar-refractivity contribution is 0.668. The highest BCUT2D eigenvalue weighted by Crippen LogP contribution is 2.49. The second kappa shape index (κ2) is 12.1. The highest BCUT2D eigenvalue weighted by atomic mass is 16.3. The van der Waals surface area contributed by atoms with Crippen LogP contribution in [0.1, 0.15) is 0 Å². The van der Waals surface area contributed by atoms with Gasteiger partial charge in [-0.1, -0.05) is 115 Å². The molecule has 0 saturated heterocycles. The van der Waals surface area contributed by atoms with E-state index in [1.165, 1.54) is 10.8 Å². The van der Waals surface area contributed by atoms with Gasteiger partial charge in [0.15, 0.2) is 0 Å². The maximum atomic E-state index is 6.90. The van der Waals surface area contributed by atoms with Gasteiger partial charge in [0.05, 0.1) is 16.8 Å². The monoisotopic (exact) mass is 692 g/mol. The van der Waals surface area contributed by atoms with Gasteiger partial charge in [0.2, 0.25) is 0 Å². The molecule has 0 spiro atoms. The Kier molecular flexibility index (Phi) is 6.82. The number of furan rings is 2. The Bertz CT molecular complexity index is 3140. The summed E-state index contributed by atoms with van der Waals surface area (Å²) in [5.74, 6) is 0. The molecule has 0 aliphatic carbocycles. The van der Waals surface area contributed by atoms with Crippen molar-refractivity contribution < 1.29 is 8.83 Å². The van der Waals surface area contributed by atoms with Crippen LogP contribution in [0.15, 0.2) is 203 Å². The van der Waals surface area contributed by atoms with Crippen molar-refractivity contribution in [1.82, 2.24) is 0 Å². The summed E-state index contributed by atoms with van der Waals surface area (Å²) in [6, 6.07) is 68.4. The molecule has 0 fully saturated rings. The molecule has 0 unspecified atom stereocenters. The van der Waals surface area contributed by atoms with Gasteiger partial charge in [-0.3, -0.25) is 0 Å². The van der Waals surface area contributed by atoms with Crippen molar-refractivity contribution >= 4 is 99.5 Å². The van der Waals surface area contributed by atoms with Crippen molar-refractivity contribution in [1.29, 1.82) is 0 Å². The van der Waals surface area contributed by atoms with Crippen molar-refractivity contribution in [3.63, 3.8) is 0 Å². The number of fused-ring (bicyclic) bond motifs is 9. The van der Waals surface area contributed by atoms with Gasteiger partial charge in [0.1, 0.15) is 22.3 Å². The lowest BCUT2D eigenvalue weighted by Gasteiger charge is -2.27. The minimum atomic E-state index is 0.830. The average Bonchev–Trinajstić information content (AvgIpc) is 3.81. The quantitative estimate of drug-likeness (QED) is 0.174. The Hall–Kier alpha value is -7.30. The van der Waals surface area contributed by atoms with Crippen LogP contribution < -0.4 is 9.80 Å². The molecule has 9 aromatic carbocycles. The summed E-state index contributed by atoms with van der Waals surface area (Å²) in [7, 11) is 0. The molecule has 2 aromatic heterocycles. The molecule has 54 heavy (non-hydrogen) atoms. The van der Waals surface area contributed by atoms with Gasteiger partial charge in [-0.15, -0.1) is 0 Å². The second-order valence-electron chi connectivity index (χ2n) is 13.7. The van der Waals surface area contributed by atoms with Crippen molar-refractivity contribution in [2.24, 2.45) is 0 Å². The van der Waals surface area contributed by atoms with Crippen LogP contribution in [0.4, 0.5) is 34.1 Å². The third kappa shape index (κ3) is 4.78. The van der Waals surface area contributed by atoms with E-state index in [1.54, 1.807) is 0 Å². The van der Waals surface area contributed by atoms with Crippen LogP contribution >= 0.6 is 0 Å². The average molecular weight is 693 g/mol. The molecule has 0 bridgehead atoms. The Labute approximate surface area is 311 Å². The SMILES string of the molecule is c1ccc(N(c2ccccc2)c2cc3oc4cccc(N(c5ccc6ccccc6c5)c5ccc6oc7ccccc7c6c5)c4c3c3ccccc23)cc1. The number of hydrogen-bond donors (Lipinski definition) is 0. The van der Waals surface area contributed by atoms with E-state index in [-0.39, 0.29) is 0 Å². The number of anilines is 6. The van der Waals surface area contributed by atoms with Gasteiger partial charge in [-0.05, 0) is 89.0 Å². The van der Waals surface area contributed by atoms with E-state index in [1.807, 2.05) is 12.1 Å². The van der Waals surface area contributed by atoms with Crippen LogP contribution in [0.5, 0.6) is 0 Å². The molecule has 2 heterocycles. The molecule has 0 amide bonds. The molecular weight excluding hydrogens is 661 g/mol. The summed E-state index contributed by atoms with van der Waals surface area (Å²) < 4.78 is 13.2.